The van der Waals surface area contributed by atoms with Gasteiger partial charge in [0.1, 0.15) is 12.4 Å². The molecule has 0 spiro atoms. The van der Waals surface area contributed by atoms with Crippen molar-refractivity contribution >= 4 is 27.5 Å². The van der Waals surface area contributed by atoms with Crippen molar-refractivity contribution < 1.29 is 9.53 Å². The minimum Gasteiger partial charge on any atom is -0.369 e. The lowest BCUT2D eigenvalue weighted by Crippen LogP contribution is -2.44. The van der Waals surface area contributed by atoms with Crippen LogP contribution in [-0.2, 0) is 11.3 Å². The number of benzene rings is 1. The summed E-state index contributed by atoms with van der Waals surface area (Å²) in [6, 6.07) is 11.7. The van der Waals surface area contributed by atoms with Gasteiger partial charge < -0.3 is 15.0 Å². The lowest BCUT2D eigenvalue weighted by Gasteiger charge is -2.29. The first-order chi connectivity index (χ1) is 11.7. The number of aromatic nitrogens is 1. The molecule has 1 fully saturated rings. The molecule has 0 saturated carbocycles. The van der Waals surface area contributed by atoms with Gasteiger partial charge in [0, 0.05) is 36.8 Å². The number of piperazine rings is 1. The molecule has 1 saturated heterocycles. The molecule has 0 bridgehead atoms. The number of pyridine rings is 1. The zero-order valence-corrected chi connectivity index (χ0v) is 15.0. The van der Waals surface area contributed by atoms with E-state index in [4.69, 9.17) is 4.74 Å². The quantitative estimate of drug-likeness (QED) is 0.769. The molecule has 0 unspecified atom stereocenters. The topological polar surface area (TPSA) is 54.5 Å². The number of ketones is 1. The van der Waals surface area contributed by atoms with E-state index in [1.54, 1.807) is 6.20 Å². The molecule has 1 aliphatic rings. The minimum atomic E-state index is -0.0479. The predicted octanol–water partition coefficient (Wildman–Crippen LogP) is 2.65. The van der Waals surface area contributed by atoms with Crippen molar-refractivity contribution in [3.05, 3.63) is 58.2 Å². The van der Waals surface area contributed by atoms with Crippen LogP contribution in [0.1, 0.15) is 15.9 Å². The Morgan fingerprint density at radius 1 is 1.25 bits per heavy atom. The zero-order chi connectivity index (χ0) is 16.8. The standard InChI is InChI=1S/C18H20BrN3O2/c19-15-10-16(18(21-11-15)22-8-6-20-7-9-22)17(23)13-24-12-14-4-2-1-3-5-14/h1-5,10-11,20H,6-9,12-13H2. The summed E-state index contributed by atoms with van der Waals surface area (Å²) in [7, 11) is 0. The van der Waals surface area contributed by atoms with Crippen LogP contribution in [0.3, 0.4) is 0 Å². The molecule has 1 aliphatic heterocycles. The van der Waals surface area contributed by atoms with Crippen molar-refractivity contribution in [2.75, 3.05) is 37.7 Å². The average Bonchev–Trinajstić information content (AvgIpc) is 2.63. The van der Waals surface area contributed by atoms with Crippen LogP contribution in [0, 0.1) is 0 Å². The fraction of sp³-hybridized carbons (Fsp3) is 0.333. The summed E-state index contributed by atoms with van der Waals surface area (Å²) >= 11 is 3.41. The van der Waals surface area contributed by atoms with Crippen LogP contribution in [0.15, 0.2) is 47.1 Å². The van der Waals surface area contributed by atoms with Crippen molar-refractivity contribution in [2.45, 2.75) is 6.61 Å². The highest BCUT2D eigenvalue weighted by Crippen LogP contribution is 2.23. The molecular weight excluding hydrogens is 370 g/mol. The maximum Gasteiger partial charge on any atom is 0.192 e. The molecular formula is C18H20BrN3O2. The number of carbonyl (C=O) groups is 1. The third kappa shape index (κ3) is 4.41. The SMILES string of the molecule is O=C(COCc1ccccc1)c1cc(Br)cnc1N1CCNCC1. The van der Waals surface area contributed by atoms with Crippen molar-refractivity contribution in [2.24, 2.45) is 0 Å². The Hall–Kier alpha value is -1.76. The summed E-state index contributed by atoms with van der Waals surface area (Å²) in [4.78, 5) is 19.2. The van der Waals surface area contributed by atoms with Crippen molar-refractivity contribution in [3.8, 4) is 0 Å². The smallest absolute Gasteiger partial charge is 0.192 e. The average molecular weight is 390 g/mol. The summed E-state index contributed by atoms with van der Waals surface area (Å²) in [6.07, 6.45) is 1.74. The van der Waals surface area contributed by atoms with E-state index in [9.17, 15) is 4.79 Å². The Bertz CT molecular complexity index is 688. The van der Waals surface area contributed by atoms with E-state index in [2.05, 4.69) is 31.1 Å². The van der Waals surface area contributed by atoms with E-state index >= 15 is 0 Å². The second-order valence-corrected chi connectivity index (χ2v) is 6.58. The van der Waals surface area contributed by atoms with Gasteiger partial charge in [0.2, 0.25) is 0 Å². The zero-order valence-electron chi connectivity index (χ0n) is 13.4. The van der Waals surface area contributed by atoms with E-state index in [-0.39, 0.29) is 12.4 Å². The number of hydrogen-bond acceptors (Lipinski definition) is 5. The fourth-order valence-electron chi connectivity index (χ4n) is 2.68. The molecule has 24 heavy (non-hydrogen) atoms. The van der Waals surface area contributed by atoms with Gasteiger partial charge in [-0.25, -0.2) is 4.98 Å². The fourth-order valence-corrected chi connectivity index (χ4v) is 3.01. The largest absolute Gasteiger partial charge is 0.369 e. The molecule has 0 aliphatic carbocycles. The molecule has 0 radical (unpaired) electrons. The molecule has 1 N–H and O–H groups in total. The van der Waals surface area contributed by atoms with E-state index in [1.165, 1.54) is 0 Å². The van der Waals surface area contributed by atoms with E-state index in [1.807, 2.05) is 36.4 Å². The third-order valence-corrected chi connectivity index (χ3v) is 4.33. The van der Waals surface area contributed by atoms with Gasteiger partial charge in [0.05, 0.1) is 12.2 Å². The number of anilines is 1. The molecule has 1 aromatic carbocycles. The Morgan fingerprint density at radius 2 is 2.00 bits per heavy atom. The maximum absolute atomic E-state index is 12.6. The van der Waals surface area contributed by atoms with Crippen LogP contribution in [0.25, 0.3) is 0 Å². The maximum atomic E-state index is 12.6. The highest BCUT2D eigenvalue weighted by Gasteiger charge is 2.20. The summed E-state index contributed by atoms with van der Waals surface area (Å²) in [6.45, 7) is 3.97. The molecule has 6 heteroatoms. The molecule has 0 amide bonds. The van der Waals surface area contributed by atoms with Crippen LogP contribution in [0.4, 0.5) is 5.82 Å². The van der Waals surface area contributed by atoms with Crippen LogP contribution in [-0.4, -0.2) is 43.6 Å². The highest BCUT2D eigenvalue weighted by atomic mass is 79.9. The Kier molecular flexibility index (Phi) is 5.96. The second kappa shape index (κ2) is 8.37. The molecule has 3 rings (SSSR count). The number of nitrogens with zero attached hydrogens (tertiary/aromatic N) is 2. The number of nitrogens with one attached hydrogen (secondary N) is 1. The lowest BCUT2D eigenvalue weighted by atomic mass is 10.1. The lowest BCUT2D eigenvalue weighted by molar-refractivity contribution is 0.0726. The second-order valence-electron chi connectivity index (χ2n) is 5.66. The Balaban J connectivity index is 1.68. The van der Waals surface area contributed by atoms with Gasteiger partial charge in [0.15, 0.2) is 5.78 Å². The van der Waals surface area contributed by atoms with E-state index in [0.717, 1.165) is 42.0 Å². The number of carbonyl (C=O) groups excluding carboxylic acids is 1. The summed E-state index contributed by atoms with van der Waals surface area (Å²) in [5, 5.41) is 3.31. The normalized spacial score (nSPS) is 14.6. The molecule has 126 valence electrons. The Labute approximate surface area is 150 Å². The van der Waals surface area contributed by atoms with Gasteiger partial charge in [-0.2, -0.15) is 0 Å². The third-order valence-electron chi connectivity index (χ3n) is 3.89. The highest BCUT2D eigenvalue weighted by molar-refractivity contribution is 9.10. The van der Waals surface area contributed by atoms with Crippen molar-refractivity contribution in [1.29, 1.82) is 0 Å². The van der Waals surface area contributed by atoms with Crippen LogP contribution >= 0.6 is 15.9 Å². The number of halogens is 1. The summed E-state index contributed by atoms with van der Waals surface area (Å²) < 4.78 is 6.39. The van der Waals surface area contributed by atoms with Gasteiger partial charge in [-0.15, -0.1) is 0 Å². The van der Waals surface area contributed by atoms with Gasteiger partial charge in [-0.1, -0.05) is 30.3 Å². The monoisotopic (exact) mass is 389 g/mol. The summed E-state index contributed by atoms with van der Waals surface area (Å²) in [5.41, 5.74) is 1.67. The molecule has 2 aromatic rings. The van der Waals surface area contributed by atoms with Crippen molar-refractivity contribution in [1.82, 2.24) is 10.3 Å². The van der Waals surface area contributed by atoms with Gasteiger partial charge in [-0.3, -0.25) is 4.79 Å². The van der Waals surface area contributed by atoms with E-state index < -0.39 is 0 Å². The number of rotatable bonds is 6. The van der Waals surface area contributed by atoms with Crippen LogP contribution < -0.4 is 10.2 Å². The molecule has 2 heterocycles. The number of hydrogen-bond donors (Lipinski definition) is 1. The predicted molar refractivity (Wildman–Crippen MR) is 97.4 cm³/mol. The molecule has 0 atom stereocenters. The van der Waals surface area contributed by atoms with Gasteiger partial charge in [0.25, 0.3) is 0 Å². The first-order valence-electron chi connectivity index (χ1n) is 8.00. The van der Waals surface area contributed by atoms with Crippen LogP contribution in [0.5, 0.6) is 0 Å². The van der Waals surface area contributed by atoms with E-state index in [0.29, 0.717) is 12.2 Å². The molecule has 5 nitrogen and oxygen atoms in total. The first-order valence-corrected chi connectivity index (χ1v) is 8.79. The molecule has 1 aromatic heterocycles. The Morgan fingerprint density at radius 3 is 2.75 bits per heavy atom. The number of Topliss-reactive ketones (excluding diaryl/α,β-unsaturated/α-hetero) is 1. The minimum absolute atomic E-state index is 0.0477. The van der Waals surface area contributed by atoms with Crippen LogP contribution in [0.2, 0.25) is 0 Å². The number of ether oxygens (including phenoxy) is 1. The van der Waals surface area contributed by atoms with Gasteiger partial charge >= 0.3 is 0 Å². The summed E-state index contributed by atoms with van der Waals surface area (Å²) in [5.74, 6) is 0.696. The van der Waals surface area contributed by atoms with Gasteiger partial charge in [-0.05, 0) is 27.6 Å². The van der Waals surface area contributed by atoms with Crippen molar-refractivity contribution in [3.63, 3.8) is 0 Å². The first kappa shape index (κ1) is 17.1.